The molecule has 0 saturated carbocycles. The van der Waals surface area contributed by atoms with Gasteiger partial charge in [0.1, 0.15) is 17.5 Å². The molecule has 5 nitrogen and oxygen atoms in total. The molecule has 0 radical (unpaired) electrons. The van der Waals surface area contributed by atoms with Crippen molar-refractivity contribution in [2.24, 2.45) is 0 Å². The van der Waals surface area contributed by atoms with E-state index in [1.807, 2.05) is 52.2 Å². The molecule has 0 unspecified atom stereocenters. The molecule has 6 heteroatoms. The van der Waals surface area contributed by atoms with Gasteiger partial charge in [-0.2, -0.15) is 0 Å². The average Bonchev–Trinajstić information content (AvgIpc) is 2.42. The first-order valence-corrected chi connectivity index (χ1v) is 7.59. The van der Waals surface area contributed by atoms with Gasteiger partial charge in [0.15, 0.2) is 0 Å². The van der Waals surface area contributed by atoms with Crippen LogP contribution in [-0.4, -0.2) is 42.1 Å². The van der Waals surface area contributed by atoms with Crippen molar-refractivity contribution in [3.63, 3.8) is 0 Å². The highest BCUT2D eigenvalue weighted by Crippen LogP contribution is 2.24. The molecule has 2 rings (SSSR count). The molecular weight excluding hydrogens is 298 g/mol. The maximum atomic E-state index is 6.05. The van der Waals surface area contributed by atoms with Crippen LogP contribution in [0, 0.1) is 13.8 Å². The van der Waals surface area contributed by atoms with E-state index < -0.39 is 0 Å². The molecular formula is C16H22ClN5. The SMILES string of the molecule is Cc1nc(NCCN(C)C)cc(Nc2cc(Cl)ccc2C)n1. The maximum absolute atomic E-state index is 6.05. The molecule has 2 N–H and O–H groups in total. The number of benzene rings is 1. The lowest BCUT2D eigenvalue weighted by Crippen LogP contribution is -2.21. The Morgan fingerprint density at radius 2 is 1.82 bits per heavy atom. The van der Waals surface area contributed by atoms with Gasteiger partial charge in [0, 0.05) is 29.9 Å². The van der Waals surface area contributed by atoms with Gasteiger partial charge in [0.25, 0.3) is 0 Å². The summed E-state index contributed by atoms with van der Waals surface area (Å²) in [6, 6.07) is 7.66. The van der Waals surface area contributed by atoms with E-state index in [1.54, 1.807) is 0 Å². The van der Waals surface area contributed by atoms with E-state index in [-0.39, 0.29) is 0 Å². The molecule has 0 spiro atoms. The number of aromatic nitrogens is 2. The van der Waals surface area contributed by atoms with Crippen LogP contribution in [0.1, 0.15) is 11.4 Å². The summed E-state index contributed by atoms with van der Waals surface area (Å²) < 4.78 is 0. The molecule has 0 saturated heterocycles. The van der Waals surface area contributed by atoms with Crippen LogP contribution in [0.15, 0.2) is 24.3 Å². The van der Waals surface area contributed by atoms with Crippen molar-refractivity contribution in [2.75, 3.05) is 37.8 Å². The molecule has 0 atom stereocenters. The van der Waals surface area contributed by atoms with Crippen molar-refractivity contribution in [3.8, 4) is 0 Å². The van der Waals surface area contributed by atoms with Gasteiger partial charge in [-0.15, -0.1) is 0 Å². The van der Waals surface area contributed by atoms with Crippen molar-refractivity contribution < 1.29 is 0 Å². The van der Waals surface area contributed by atoms with E-state index in [4.69, 9.17) is 11.6 Å². The zero-order chi connectivity index (χ0) is 16.1. The number of halogens is 1. The number of nitrogens with zero attached hydrogens (tertiary/aromatic N) is 3. The lowest BCUT2D eigenvalue weighted by molar-refractivity contribution is 0.425. The largest absolute Gasteiger partial charge is 0.369 e. The Labute approximate surface area is 136 Å². The number of hydrogen-bond acceptors (Lipinski definition) is 5. The first-order chi connectivity index (χ1) is 10.4. The molecule has 0 bridgehead atoms. The molecule has 0 aliphatic rings. The highest BCUT2D eigenvalue weighted by atomic mass is 35.5. The van der Waals surface area contributed by atoms with Crippen molar-refractivity contribution in [3.05, 3.63) is 40.7 Å². The maximum Gasteiger partial charge on any atom is 0.136 e. The summed E-state index contributed by atoms with van der Waals surface area (Å²) in [5.41, 5.74) is 2.06. The molecule has 0 aliphatic carbocycles. The predicted molar refractivity (Wildman–Crippen MR) is 93.3 cm³/mol. The zero-order valence-corrected chi connectivity index (χ0v) is 14.2. The number of likely N-dealkylation sites (N-methyl/N-ethyl adjacent to an activating group) is 1. The summed E-state index contributed by atoms with van der Waals surface area (Å²) in [4.78, 5) is 11.0. The third-order valence-electron chi connectivity index (χ3n) is 3.17. The minimum atomic E-state index is 0.697. The fraction of sp³-hybridized carbons (Fsp3) is 0.375. The second-order valence-electron chi connectivity index (χ2n) is 5.50. The molecule has 118 valence electrons. The average molecular weight is 320 g/mol. The van der Waals surface area contributed by atoms with Crippen LogP contribution in [0.4, 0.5) is 17.3 Å². The molecule has 1 aromatic carbocycles. The van der Waals surface area contributed by atoms with E-state index in [1.165, 1.54) is 0 Å². The predicted octanol–water partition coefficient (Wildman–Crippen LogP) is 3.46. The fourth-order valence-corrected chi connectivity index (χ4v) is 2.17. The Kier molecular flexibility index (Phi) is 5.57. The van der Waals surface area contributed by atoms with Crippen molar-refractivity contribution in [1.29, 1.82) is 0 Å². The number of rotatable bonds is 6. The van der Waals surface area contributed by atoms with E-state index in [0.29, 0.717) is 5.02 Å². The molecule has 1 aromatic heterocycles. The third kappa shape index (κ3) is 4.86. The van der Waals surface area contributed by atoms with Crippen LogP contribution >= 0.6 is 11.6 Å². The monoisotopic (exact) mass is 319 g/mol. The summed E-state index contributed by atoms with van der Waals surface area (Å²) in [6.07, 6.45) is 0. The van der Waals surface area contributed by atoms with Gasteiger partial charge in [-0.05, 0) is 45.6 Å². The smallest absolute Gasteiger partial charge is 0.136 e. The minimum Gasteiger partial charge on any atom is -0.369 e. The molecule has 0 aliphatic heterocycles. The van der Waals surface area contributed by atoms with Crippen molar-refractivity contribution in [2.45, 2.75) is 13.8 Å². The quantitative estimate of drug-likeness (QED) is 0.854. The molecule has 0 fully saturated rings. The number of anilines is 3. The van der Waals surface area contributed by atoms with Crippen LogP contribution in [0.5, 0.6) is 0 Å². The number of aryl methyl sites for hydroxylation is 2. The van der Waals surface area contributed by atoms with Crippen LogP contribution in [0.2, 0.25) is 5.02 Å². The van der Waals surface area contributed by atoms with E-state index in [9.17, 15) is 0 Å². The van der Waals surface area contributed by atoms with Gasteiger partial charge < -0.3 is 15.5 Å². The topological polar surface area (TPSA) is 53.1 Å². The Bertz CT molecular complexity index is 642. The summed E-state index contributed by atoms with van der Waals surface area (Å²) in [5, 5.41) is 7.32. The van der Waals surface area contributed by atoms with Crippen LogP contribution in [-0.2, 0) is 0 Å². The molecule has 2 aromatic rings. The molecule has 0 amide bonds. The standard InChI is InChI=1S/C16H22ClN5/c1-11-5-6-13(17)9-14(11)21-16-10-15(19-12(2)20-16)18-7-8-22(3)4/h5-6,9-10H,7-8H2,1-4H3,(H2,18,19,20,21). The highest BCUT2D eigenvalue weighted by molar-refractivity contribution is 6.30. The Morgan fingerprint density at radius 1 is 1.09 bits per heavy atom. The first kappa shape index (κ1) is 16.5. The van der Waals surface area contributed by atoms with Crippen LogP contribution in [0.25, 0.3) is 0 Å². The Morgan fingerprint density at radius 3 is 2.55 bits per heavy atom. The number of nitrogens with one attached hydrogen (secondary N) is 2. The summed E-state index contributed by atoms with van der Waals surface area (Å²) >= 11 is 6.05. The normalized spacial score (nSPS) is 10.8. The number of hydrogen-bond donors (Lipinski definition) is 2. The lowest BCUT2D eigenvalue weighted by atomic mass is 10.2. The first-order valence-electron chi connectivity index (χ1n) is 7.21. The van der Waals surface area contributed by atoms with Gasteiger partial charge in [0.05, 0.1) is 0 Å². The molecule has 22 heavy (non-hydrogen) atoms. The fourth-order valence-electron chi connectivity index (χ4n) is 2.00. The van der Waals surface area contributed by atoms with Crippen molar-refractivity contribution >= 4 is 28.9 Å². The van der Waals surface area contributed by atoms with E-state index in [2.05, 4.69) is 25.5 Å². The third-order valence-corrected chi connectivity index (χ3v) is 3.40. The lowest BCUT2D eigenvalue weighted by Gasteiger charge is -2.13. The van der Waals surface area contributed by atoms with Gasteiger partial charge >= 0.3 is 0 Å². The Balaban J connectivity index is 2.13. The second kappa shape index (κ2) is 7.42. The van der Waals surface area contributed by atoms with Gasteiger partial charge in [-0.1, -0.05) is 17.7 Å². The van der Waals surface area contributed by atoms with Gasteiger partial charge in [-0.3, -0.25) is 0 Å². The van der Waals surface area contributed by atoms with Gasteiger partial charge in [-0.25, -0.2) is 9.97 Å². The zero-order valence-electron chi connectivity index (χ0n) is 13.4. The van der Waals surface area contributed by atoms with Crippen LogP contribution in [0.3, 0.4) is 0 Å². The second-order valence-corrected chi connectivity index (χ2v) is 5.94. The van der Waals surface area contributed by atoms with Crippen molar-refractivity contribution in [1.82, 2.24) is 14.9 Å². The highest BCUT2D eigenvalue weighted by Gasteiger charge is 2.05. The summed E-state index contributed by atoms with van der Waals surface area (Å²) in [6.45, 7) is 5.69. The summed E-state index contributed by atoms with van der Waals surface area (Å²) in [5.74, 6) is 2.29. The molecule has 1 heterocycles. The van der Waals surface area contributed by atoms with E-state index >= 15 is 0 Å². The van der Waals surface area contributed by atoms with Gasteiger partial charge in [0.2, 0.25) is 0 Å². The summed E-state index contributed by atoms with van der Waals surface area (Å²) in [7, 11) is 4.09. The minimum absolute atomic E-state index is 0.697. The van der Waals surface area contributed by atoms with Crippen LogP contribution < -0.4 is 10.6 Å². The van der Waals surface area contributed by atoms with E-state index in [0.717, 1.165) is 41.8 Å². The Hall–Kier alpha value is -1.85.